The highest BCUT2D eigenvalue weighted by Gasteiger charge is 2.30. The molecular formula is C23H17BrNO5+. The Kier molecular flexibility index (Phi) is 3.83. The standard InChI is InChI=1S/C23H17BrNO5/c1-27-17-5-4-13-14-2-3-15-20-12(8-18-22(15)29-11-28-18)6-7-25(21(14)20)10-16(13)23(17)30-19(26)9-24/h2-5,8,10H,6-7,9,11H2,1H3/q+1. The third-order valence-electron chi connectivity index (χ3n) is 5.88. The minimum absolute atomic E-state index is 0.112. The Morgan fingerprint density at radius 1 is 1.13 bits per heavy atom. The molecule has 0 fully saturated rings. The molecular weight excluding hydrogens is 450 g/mol. The van der Waals surface area contributed by atoms with Gasteiger partial charge in [-0.25, -0.2) is 0 Å². The van der Waals surface area contributed by atoms with Crippen LogP contribution in [0.1, 0.15) is 5.56 Å². The van der Waals surface area contributed by atoms with Gasteiger partial charge in [-0.05, 0) is 35.9 Å². The summed E-state index contributed by atoms with van der Waals surface area (Å²) in [6, 6.07) is 10.2. The van der Waals surface area contributed by atoms with Gasteiger partial charge >= 0.3 is 5.97 Å². The molecule has 150 valence electrons. The van der Waals surface area contributed by atoms with Crippen molar-refractivity contribution in [3.63, 3.8) is 0 Å². The number of carbonyl (C=O) groups excluding carboxylic acids is 1. The quantitative estimate of drug-likeness (QED) is 0.150. The number of aromatic nitrogens is 1. The molecule has 2 aliphatic rings. The number of pyridine rings is 1. The lowest BCUT2D eigenvalue weighted by molar-refractivity contribution is -0.670. The first kappa shape index (κ1) is 17.8. The highest BCUT2D eigenvalue weighted by molar-refractivity contribution is 9.09. The van der Waals surface area contributed by atoms with E-state index in [1.54, 1.807) is 7.11 Å². The lowest BCUT2D eigenvalue weighted by atomic mass is 9.93. The number of halogens is 1. The Labute approximate surface area is 180 Å². The number of ether oxygens (including phenoxy) is 4. The molecule has 0 saturated heterocycles. The zero-order valence-corrected chi connectivity index (χ0v) is 17.7. The number of hydrogen-bond acceptors (Lipinski definition) is 5. The predicted molar refractivity (Wildman–Crippen MR) is 115 cm³/mol. The molecule has 0 aliphatic carbocycles. The van der Waals surface area contributed by atoms with E-state index in [9.17, 15) is 4.79 Å². The van der Waals surface area contributed by atoms with Crippen LogP contribution in [0.4, 0.5) is 0 Å². The molecule has 7 heteroatoms. The maximum absolute atomic E-state index is 12.0. The maximum Gasteiger partial charge on any atom is 0.322 e. The lowest BCUT2D eigenvalue weighted by Gasteiger charge is -2.18. The van der Waals surface area contributed by atoms with Crippen molar-refractivity contribution in [2.45, 2.75) is 13.0 Å². The van der Waals surface area contributed by atoms with Crippen molar-refractivity contribution in [1.29, 1.82) is 0 Å². The Morgan fingerprint density at radius 3 is 2.80 bits per heavy atom. The summed E-state index contributed by atoms with van der Waals surface area (Å²) in [5.74, 6) is 2.24. The van der Waals surface area contributed by atoms with Crippen LogP contribution in [0.2, 0.25) is 0 Å². The molecule has 4 aromatic rings. The summed E-state index contributed by atoms with van der Waals surface area (Å²) in [7, 11) is 1.58. The molecule has 0 spiro atoms. The molecule has 3 heterocycles. The molecule has 3 aromatic carbocycles. The fourth-order valence-corrected chi connectivity index (χ4v) is 4.76. The van der Waals surface area contributed by atoms with Crippen LogP contribution in [0, 0.1) is 0 Å². The van der Waals surface area contributed by atoms with Crippen molar-refractivity contribution in [3.8, 4) is 23.0 Å². The van der Waals surface area contributed by atoms with E-state index >= 15 is 0 Å². The van der Waals surface area contributed by atoms with E-state index in [4.69, 9.17) is 18.9 Å². The zero-order chi connectivity index (χ0) is 20.4. The molecule has 1 aromatic heterocycles. The third-order valence-corrected chi connectivity index (χ3v) is 6.34. The molecule has 2 aliphatic heterocycles. The van der Waals surface area contributed by atoms with E-state index in [-0.39, 0.29) is 18.1 Å². The van der Waals surface area contributed by atoms with Crippen molar-refractivity contribution < 1.29 is 28.3 Å². The van der Waals surface area contributed by atoms with E-state index < -0.39 is 0 Å². The number of esters is 1. The van der Waals surface area contributed by atoms with Gasteiger partial charge < -0.3 is 18.9 Å². The highest BCUT2D eigenvalue weighted by atomic mass is 79.9. The number of aryl methyl sites for hydroxylation is 2. The monoisotopic (exact) mass is 466 g/mol. The molecule has 0 saturated carbocycles. The molecule has 0 radical (unpaired) electrons. The molecule has 0 amide bonds. The van der Waals surface area contributed by atoms with E-state index in [1.165, 1.54) is 10.9 Å². The number of carbonyl (C=O) groups is 1. The molecule has 6 rings (SSSR count). The largest absolute Gasteiger partial charge is 0.493 e. The van der Waals surface area contributed by atoms with E-state index in [1.807, 2.05) is 12.1 Å². The van der Waals surface area contributed by atoms with Gasteiger partial charge in [0, 0.05) is 17.2 Å². The van der Waals surface area contributed by atoms with Crippen LogP contribution in [0.15, 0.2) is 36.5 Å². The van der Waals surface area contributed by atoms with Crippen molar-refractivity contribution in [1.82, 2.24) is 0 Å². The first-order valence-electron chi connectivity index (χ1n) is 9.67. The second-order valence-corrected chi connectivity index (χ2v) is 7.95. The van der Waals surface area contributed by atoms with Crippen LogP contribution in [0.3, 0.4) is 0 Å². The van der Waals surface area contributed by atoms with Gasteiger partial charge in [0.25, 0.3) is 0 Å². The lowest BCUT2D eigenvalue weighted by Crippen LogP contribution is -2.38. The molecule has 0 N–H and O–H groups in total. The van der Waals surface area contributed by atoms with Gasteiger partial charge in [-0.3, -0.25) is 4.79 Å². The van der Waals surface area contributed by atoms with Crippen LogP contribution in [0.5, 0.6) is 23.0 Å². The number of alkyl halides is 1. The van der Waals surface area contributed by atoms with Crippen LogP contribution < -0.4 is 23.5 Å². The minimum Gasteiger partial charge on any atom is -0.493 e. The van der Waals surface area contributed by atoms with Gasteiger partial charge in [0.15, 0.2) is 35.7 Å². The number of fused-ring (bicyclic) bond motifs is 4. The van der Waals surface area contributed by atoms with Crippen LogP contribution >= 0.6 is 15.9 Å². The van der Waals surface area contributed by atoms with Crippen molar-refractivity contribution in [2.24, 2.45) is 0 Å². The molecule has 0 unspecified atom stereocenters. The maximum atomic E-state index is 12.0. The van der Waals surface area contributed by atoms with Gasteiger partial charge in [0.2, 0.25) is 12.3 Å². The van der Waals surface area contributed by atoms with Crippen molar-refractivity contribution in [3.05, 3.63) is 42.1 Å². The Bertz CT molecular complexity index is 1400. The van der Waals surface area contributed by atoms with Crippen molar-refractivity contribution >= 4 is 54.3 Å². The first-order valence-corrected chi connectivity index (χ1v) is 10.8. The topological polar surface area (TPSA) is 57.9 Å². The highest BCUT2D eigenvalue weighted by Crippen LogP contribution is 2.46. The predicted octanol–water partition coefficient (Wildman–Crippen LogP) is 4.03. The summed E-state index contributed by atoms with van der Waals surface area (Å²) < 4.78 is 24.8. The van der Waals surface area contributed by atoms with E-state index in [0.717, 1.165) is 51.5 Å². The summed E-state index contributed by atoms with van der Waals surface area (Å²) in [5, 5.41) is 5.33. The zero-order valence-electron chi connectivity index (χ0n) is 16.2. The molecule has 30 heavy (non-hydrogen) atoms. The van der Waals surface area contributed by atoms with Crippen LogP contribution in [-0.2, 0) is 17.8 Å². The fraction of sp³-hybridized carbons (Fsp3) is 0.217. The molecule has 0 bridgehead atoms. The van der Waals surface area contributed by atoms with Gasteiger partial charge in [0.05, 0.1) is 23.3 Å². The van der Waals surface area contributed by atoms with E-state index in [0.29, 0.717) is 11.5 Å². The Hall–Kier alpha value is -3.06. The second kappa shape index (κ2) is 6.47. The minimum atomic E-state index is -0.368. The smallest absolute Gasteiger partial charge is 0.322 e. The summed E-state index contributed by atoms with van der Waals surface area (Å²) in [4.78, 5) is 12.0. The molecule has 0 atom stereocenters. The van der Waals surface area contributed by atoms with Gasteiger partial charge in [-0.2, -0.15) is 4.57 Å². The van der Waals surface area contributed by atoms with Crippen LogP contribution in [0.25, 0.3) is 32.4 Å². The van der Waals surface area contributed by atoms with E-state index in [2.05, 4.69) is 44.9 Å². The average molecular weight is 467 g/mol. The number of nitrogens with zero attached hydrogens (tertiary/aromatic N) is 1. The van der Waals surface area contributed by atoms with Gasteiger partial charge in [0.1, 0.15) is 5.33 Å². The first-order chi connectivity index (χ1) is 14.7. The fourth-order valence-electron chi connectivity index (χ4n) is 4.64. The van der Waals surface area contributed by atoms with Crippen molar-refractivity contribution in [2.75, 3.05) is 19.2 Å². The molecule has 6 nitrogen and oxygen atoms in total. The van der Waals surface area contributed by atoms with Crippen LogP contribution in [-0.4, -0.2) is 25.2 Å². The summed E-state index contributed by atoms with van der Waals surface area (Å²) >= 11 is 3.17. The Morgan fingerprint density at radius 2 is 1.97 bits per heavy atom. The number of hydrogen-bond donors (Lipinski definition) is 0. The second-order valence-electron chi connectivity index (χ2n) is 7.39. The normalized spacial score (nSPS) is 14.1. The Balaban J connectivity index is 1.74. The summed E-state index contributed by atoms with van der Waals surface area (Å²) in [6.45, 7) is 1.08. The number of rotatable bonds is 3. The number of methoxy groups -OCH3 is 1. The van der Waals surface area contributed by atoms with Gasteiger partial charge in [-0.1, -0.05) is 15.9 Å². The summed E-state index contributed by atoms with van der Waals surface area (Å²) in [5.41, 5.74) is 2.42. The summed E-state index contributed by atoms with van der Waals surface area (Å²) in [6.07, 6.45) is 2.94. The number of benzene rings is 3. The average Bonchev–Trinajstić information content (AvgIpc) is 3.25. The van der Waals surface area contributed by atoms with Gasteiger partial charge in [-0.15, -0.1) is 0 Å². The SMILES string of the molecule is COc1ccc2c(c[n+]3c4c2ccc2c5c(cc(c24)CC3)OCO5)c1OC(=O)CBr. The third kappa shape index (κ3) is 2.35.